The number of carbonyl (C=O) groups is 3. The monoisotopic (exact) mass is 500 g/mol. The molecule has 0 radical (unpaired) electrons. The minimum Gasteiger partial charge on any atom is -0.508 e. The molecular weight excluding hydrogens is 468 g/mol. The molecular formula is C25H32N4O7. The molecule has 0 aliphatic heterocycles. The van der Waals surface area contributed by atoms with Gasteiger partial charge in [0, 0.05) is 23.2 Å². The molecule has 36 heavy (non-hydrogen) atoms. The Morgan fingerprint density at radius 1 is 1.28 bits per heavy atom. The summed E-state index contributed by atoms with van der Waals surface area (Å²) in [4.78, 5) is 40.5. The van der Waals surface area contributed by atoms with Gasteiger partial charge in [-0.3, -0.25) is 19.3 Å². The van der Waals surface area contributed by atoms with Crippen LogP contribution in [-0.2, 0) is 20.8 Å². The maximum absolute atomic E-state index is 13.8. The molecule has 9 N–H and O–H groups in total. The van der Waals surface area contributed by atoms with Gasteiger partial charge < -0.3 is 37.2 Å². The lowest BCUT2D eigenvalue weighted by molar-refractivity contribution is -0.153. The lowest BCUT2D eigenvalue weighted by Crippen LogP contribution is -2.65. The molecule has 0 heterocycles. The number of nitrogen functional groups attached to an aromatic ring is 1. The van der Waals surface area contributed by atoms with Crippen molar-refractivity contribution < 1.29 is 34.8 Å². The Morgan fingerprint density at radius 3 is 2.47 bits per heavy atom. The van der Waals surface area contributed by atoms with E-state index in [1.807, 2.05) is 13.8 Å². The van der Waals surface area contributed by atoms with Gasteiger partial charge in [0.2, 0.25) is 5.78 Å². The number of aliphatic hydroxyl groups excluding tert-OH is 2. The Bertz CT molecular complexity index is 1250. The Hall–Kier alpha value is -3.57. The van der Waals surface area contributed by atoms with Crippen molar-refractivity contribution in [3.63, 3.8) is 0 Å². The number of nitrogens with zero attached hydrogens (tertiary/aromatic N) is 1. The summed E-state index contributed by atoms with van der Waals surface area (Å²) in [7, 11) is 3.12. The zero-order valence-corrected chi connectivity index (χ0v) is 20.6. The molecule has 194 valence electrons. The Balaban J connectivity index is 1.97. The van der Waals surface area contributed by atoms with E-state index in [2.05, 4.69) is 5.32 Å². The molecule has 1 aromatic carbocycles. The largest absolute Gasteiger partial charge is 0.508 e. The fourth-order valence-electron chi connectivity index (χ4n) is 5.83. The number of aliphatic hydroxyl groups is 3. The second kappa shape index (κ2) is 8.52. The summed E-state index contributed by atoms with van der Waals surface area (Å²) in [5.41, 5.74) is 8.70. The van der Waals surface area contributed by atoms with Crippen LogP contribution in [0.1, 0.15) is 37.8 Å². The fraction of sp³-hybridized carbons (Fsp3) is 0.480. The highest BCUT2D eigenvalue weighted by Crippen LogP contribution is 2.54. The zero-order valence-electron chi connectivity index (χ0n) is 20.6. The Kier molecular flexibility index (Phi) is 6.04. The number of likely N-dealkylation sites (N-methyl/N-ethyl adjacent to an activating group) is 1. The predicted molar refractivity (Wildman–Crippen MR) is 132 cm³/mol. The summed E-state index contributed by atoms with van der Waals surface area (Å²) >= 11 is 0. The van der Waals surface area contributed by atoms with Gasteiger partial charge in [0.1, 0.15) is 22.8 Å². The number of ketones is 2. The summed E-state index contributed by atoms with van der Waals surface area (Å²) in [6.07, 6.45) is 1.01. The first-order valence-corrected chi connectivity index (χ1v) is 11.8. The van der Waals surface area contributed by atoms with Gasteiger partial charge in [-0.05, 0) is 57.8 Å². The minimum atomic E-state index is -2.67. The number of primary amides is 1. The number of hydrogen-bond acceptors (Lipinski definition) is 10. The van der Waals surface area contributed by atoms with E-state index in [1.54, 1.807) is 20.2 Å². The number of amides is 1. The first kappa shape index (κ1) is 25.5. The van der Waals surface area contributed by atoms with Gasteiger partial charge in [-0.2, -0.15) is 0 Å². The van der Waals surface area contributed by atoms with E-state index >= 15 is 0 Å². The molecule has 1 saturated carbocycles. The lowest BCUT2D eigenvalue weighted by atomic mass is 9.57. The van der Waals surface area contributed by atoms with E-state index in [4.69, 9.17) is 11.5 Å². The van der Waals surface area contributed by atoms with Crippen molar-refractivity contribution in [1.82, 2.24) is 4.90 Å². The third-order valence-electron chi connectivity index (χ3n) is 7.76. The smallest absolute Gasteiger partial charge is 0.255 e. The topological polar surface area (TPSA) is 199 Å². The Labute approximate surface area is 208 Å². The number of nitrogens with two attached hydrogens (primary N) is 2. The van der Waals surface area contributed by atoms with Gasteiger partial charge in [-0.25, -0.2) is 0 Å². The molecule has 11 nitrogen and oxygen atoms in total. The van der Waals surface area contributed by atoms with Crippen LogP contribution in [0.4, 0.5) is 11.4 Å². The average Bonchev–Trinajstić information content (AvgIpc) is 2.79. The number of fused-ring (bicyclic) bond motifs is 3. The van der Waals surface area contributed by atoms with E-state index in [0.29, 0.717) is 11.3 Å². The van der Waals surface area contributed by atoms with Gasteiger partial charge in [0.25, 0.3) is 5.91 Å². The first-order valence-electron chi connectivity index (χ1n) is 11.8. The highest BCUT2D eigenvalue weighted by atomic mass is 16.3. The molecule has 1 amide bonds. The van der Waals surface area contributed by atoms with Gasteiger partial charge in [-0.1, -0.05) is 6.92 Å². The molecule has 11 heteroatoms. The number of rotatable bonds is 5. The molecule has 1 fully saturated rings. The summed E-state index contributed by atoms with van der Waals surface area (Å²) < 4.78 is 0. The number of hydrogen-bond donors (Lipinski definition) is 7. The number of nitrogens with one attached hydrogen (secondary N) is 1. The standard InChI is InChI=1S/C25H32N4O7/c1-5-9(2)28-14-8-13(26)19(30)16-11(14)6-10-7-12-18(29(3)4)21(32)17(24(27)35)23(34)25(12,36)22(33)15(10)20(16)31/h8-10,12,18,28,30-31,34,36H,5-7,26H2,1-4H3,(H2,27,35)/t9?,10?,12?,18-,25-/m0/s1. The minimum absolute atomic E-state index is 0.0142. The van der Waals surface area contributed by atoms with Gasteiger partial charge >= 0.3 is 0 Å². The molecule has 3 aliphatic carbocycles. The normalized spacial score (nSPS) is 28.6. The van der Waals surface area contributed by atoms with E-state index < -0.39 is 63.8 Å². The van der Waals surface area contributed by atoms with Gasteiger partial charge in [-0.15, -0.1) is 0 Å². The maximum Gasteiger partial charge on any atom is 0.255 e. The van der Waals surface area contributed by atoms with Crippen LogP contribution in [0.5, 0.6) is 5.75 Å². The van der Waals surface area contributed by atoms with Crippen LogP contribution in [0.25, 0.3) is 5.76 Å². The van der Waals surface area contributed by atoms with Crippen molar-refractivity contribution in [2.45, 2.75) is 50.8 Å². The van der Waals surface area contributed by atoms with Crippen molar-refractivity contribution >= 4 is 34.6 Å². The molecule has 0 bridgehead atoms. The predicted octanol–water partition coefficient (Wildman–Crippen LogP) is 0.757. The molecule has 0 saturated heterocycles. The molecule has 3 aliphatic rings. The SMILES string of the molecule is CCC(C)Nc1cc(N)c(O)c2c1CC1CC3[C@H](N(C)C)C(=O)C(C(N)=O)=C(O)[C@@]3(O)C(=O)C1=C2O. The average molecular weight is 501 g/mol. The van der Waals surface area contributed by atoms with Crippen LogP contribution in [0, 0.1) is 11.8 Å². The molecule has 0 aromatic heterocycles. The van der Waals surface area contributed by atoms with E-state index in [-0.39, 0.29) is 35.7 Å². The molecule has 4 rings (SSSR count). The van der Waals surface area contributed by atoms with Crippen molar-refractivity contribution in [2.24, 2.45) is 17.6 Å². The summed E-state index contributed by atoms with van der Waals surface area (Å²) in [5.74, 6) is -6.97. The summed E-state index contributed by atoms with van der Waals surface area (Å²) in [5, 5.41) is 47.8. The van der Waals surface area contributed by atoms with E-state index in [1.165, 1.54) is 4.90 Å². The number of phenols is 1. The quantitative estimate of drug-likeness (QED) is 0.131. The molecule has 1 aromatic rings. The first-order chi connectivity index (χ1) is 16.8. The molecule has 0 spiro atoms. The van der Waals surface area contributed by atoms with Crippen LogP contribution in [-0.4, -0.2) is 74.6 Å². The Morgan fingerprint density at radius 2 is 1.92 bits per heavy atom. The maximum atomic E-state index is 13.8. The molecule has 5 atom stereocenters. The number of Topliss-reactive ketones (excluding diaryl/α,β-unsaturated/α-hetero) is 2. The van der Waals surface area contributed by atoms with Crippen LogP contribution < -0.4 is 16.8 Å². The number of carbonyl (C=O) groups excluding carboxylic acids is 3. The summed E-state index contributed by atoms with van der Waals surface area (Å²) in [6.45, 7) is 3.95. The van der Waals surface area contributed by atoms with Crippen LogP contribution in [0.2, 0.25) is 0 Å². The highest BCUT2D eigenvalue weighted by Gasteiger charge is 2.64. The van der Waals surface area contributed by atoms with Gasteiger partial charge in [0.15, 0.2) is 11.4 Å². The number of benzene rings is 1. The molecule has 3 unspecified atom stereocenters. The van der Waals surface area contributed by atoms with Crippen molar-refractivity contribution in [2.75, 3.05) is 25.1 Å². The zero-order chi connectivity index (χ0) is 26.9. The number of phenolic OH excluding ortho intramolecular Hbond substituents is 1. The fourth-order valence-corrected chi connectivity index (χ4v) is 5.83. The van der Waals surface area contributed by atoms with Gasteiger partial charge in [0.05, 0.1) is 17.3 Å². The second-order valence-electron chi connectivity index (χ2n) is 10.1. The lowest BCUT2D eigenvalue weighted by Gasteiger charge is -2.50. The number of aromatic hydroxyl groups is 1. The second-order valence-corrected chi connectivity index (χ2v) is 10.1. The summed E-state index contributed by atoms with van der Waals surface area (Å²) in [6, 6.07) is 0.493. The number of anilines is 2. The van der Waals surface area contributed by atoms with Crippen molar-refractivity contribution in [3.8, 4) is 5.75 Å². The third-order valence-corrected chi connectivity index (χ3v) is 7.76. The highest BCUT2D eigenvalue weighted by molar-refractivity contribution is 6.24. The van der Waals surface area contributed by atoms with E-state index in [9.17, 15) is 34.8 Å². The van der Waals surface area contributed by atoms with E-state index in [0.717, 1.165) is 6.42 Å². The van der Waals surface area contributed by atoms with Crippen LogP contribution >= 0.6 is 0 Å². The van der Waals surface area contributed by atoms with Crippen molar-refractivity contribution in [1.29, 1.82) is 0 Å². The van der Waals surface area contributed by atoms with Crippen LogP contribution in [0.3, 0.4) is 0 Å². The van der Waals surface area contributed by atoms with Crippen molar-refractivity contribution in [3.05, 3.63) is 34.1 Å². The third kappa shape index (κ3) is 3.37. The van der Waals surface area contributed by atoms with Crippen LogP contribution in [0.15, 0.2) is 23.0 Å².